The molecular weight excluding hydrogens is 478 g/mol. The normalized spacial score (nSPS) is 10.8. The van der Waals surface area contributed by atoms with Crippen molar-refractivity contribution in [1.82, 2.24) is 5.32 Å². The first-order valence-electron chi connectivity index (χ1n) is 11.4. The Hall–Kier alpha value is -4.11. The van der Waals surface area contributed by atoms with Crippen LogP contribution in [0.1, 0.15) is 22.8 Å². The minimum Gasteiger partial charge on any atom is -0.494 e. The van der Waals surface area contributed by atoms with Gasteiger partial charge in [0.2, 0.25) is 5.91 Å². The molecule has 3 aromatic rings. The van der Waals surface area contributed by atoms with Gasteiger partial charge in [-0.05, 0) is 62.4 Å². The van der Waals surface area contributed by atoms with Crippen molar-refractivity contribution in [2.24, 2.45) is 0 Å². The lowest BCUT2D eigenvalue weighted by molar-refractivity contribution is -0.114. The number of sulfonamides is 1. The molecule has 3 rings (SSSR count). The number of carbonyl (C=O) groups excluding carboxylic acids is 2. The molecule has 0 heterocycles. The molecule has 0 aliphatic heterocycles. The van der Waals surface area contributed by atoms with E-state index in [2.05, 4.69) is 17.2 Å². The van der Waals surface area contributed by atoms with Gasteiger partial charge in [0.1, 0.15) is 12.3 Å². The predicted octanol–water partition coefficient (Wildman–Crippen LogP) is 4.14. The van der Waals surface area contributed by atoms with Crippen LogP contribution in [-0.4, -0.2) is 39.9 Å². The number of ether oxygens (including phenoxy) is 1. The van der Waals surface area contributed by atoms with Crippen molar-refractivity contribution >= 4 is 33.2 Å². The molecule has 0 aromatic heterocycles. The molecule has 0 atom stereocenters. The van der Waals surface area contributed by atoms with Gasteiger partial charge in [-0.15, -0.1) is 6.58 Å². The van der Waals surface area contributed by atoms with Gasteiger partial charge in [-0.3, -0.25) is 13.9 Å². The van der Waals surface area contributed by atoms with Crippen LogP contribution in [0.4, 0.5) is 11.4 Å². The Labute approximate surface area is 211 Å². The maximum Gasteiger partial charge on any atom is 0.264 e. The molecular formula is C27H29N3O5S. The van der Waals surface area contributed by atoms with E-state index in [1.807, 2.05) is 13.8 Å². The molecule has 0 fully saturated rings. The highest BCUT2D eigenvalue weighted by Gasteiger charge is 2.27. The lowest BCUT2D eigenvalue weighted by Gasteiger charge is -2.24. The third-order valence-electron chi connectivity index (χ3n) is 5.18. The quantitative estimate of drug-likeness (QED) is 0.380. The minimum atomic E-state index is -4.08. The van der Waals surface area contributed by atoms with Gasteiger partial charge >= 0.3 is 0 Å². The summed E-state index contributed by atoms with van der Waals surface area (Å²) >= 11 is 0. The summed E-state index contributed by atoms with van der Waals surface area (Å²) < 4.78 is 33.6. The smallest absolute Gasteiger partial charge is 0.264 e. The molecule has 0 aliphatic carbocycles. The third-order valence-corrected chi connectivity index (χ3v) is 6.97. The van der Waals surface area contributed by atoms with Crippen LogP contribution in [0.2, 0.25) is 0 Å². The number of rotatable bonds is 11. The Morgan fingerprint density at radius 1 is 1.00 bits per heavy atom. The molecule has 188 valence electrons. The predicted molar refractivity (Wildman–Crippen MR) is 141 cm³/mol. The van der Waals surface area contributed by atoms with Gasteiger partial charge in [0, 0.05) is 6.54 Å². The number of nitrogens with zero attached hydrogens (tertiary/aromatic N) is 1. The van der Waals surface area contributed by atoms with Crippen molar-refractivity contribution < 1.29 is 22.7 Å². The number of amides is 2. The zero-order valence-corrected chi connectivity index (χ0v) is 21.0. The Bertz CT molecular complexity index is 1320. The van der Waals surface area contributed by atoms with Gasteiger partial charge in [0.15, 0.2) is 0 Å². The van der Waals surface area contributed by atoms with Crippen molar-refractivity contribution in [3.8, 4) is 5.75 Å². The Kier molecular flexibility index (Phi) is 8.86. The van der Waals surface area contributed by atoms with Gasteiger partial charge in [-0.2, -0.15) is 0 Å². The first-order valence-corrected chi connectivity index (χ1v) is 12.8. The molecule has 0 aliphatic rings. The van der Waals surface area contributed by atoms with Crippen molar-refractivity contribution in [1.29, 1.82) is 0 Å². The molecule has 2 amide bonds. The lowest BCUT2D eigenvalue weighted by Crippen LogP contribution is -2.38. The van der Waals surface area contributed by atoms with Gasteiger partial charge in [0.25, 0.3) is 15.9 Å². The highest BCUT2D eigenvalue weighted by atomic mass is 32.2. The average Bonchev–Trinajstić information content (AvgIpc) is 2.87. The highest BCUT2D eigenvalue weighted by Crippen LogP contribution is 2.26. The summed E-state index contributed by atoms with van der Waals surface area (Å²) in [5, 5.41) is 5.34. The topological polar surface area (TPSA) is 105 Å². The molecule has 0 saturated carbocycles. The van der Waals surface area contributed by atoms with Gasteiger partial charge in [-0.25, -0.2) is 8.42 Å². The molecule has 0 unspecified atom stereocenters. The fraction of sp³-hybridized carbons (Fsp3) is 0.185. The highest BCUT2D eigenvalue weighted by molar-refractivity contribution is 7.92. The summed E-state index contributed by atoms with van der Waals surface area (Å²) in [7, 11) is -4.08. The van der Waals surface area contributed by atoms with E-state index < -0.39 is 22.5 Å². The van der Waals surface area contributed by atoms with E-state index in [0.717, 1.165) is 9.87 Å². The number of para-hydroxylation sites is 1. The minimum absolute atomic E-state index is 0.0546. The number of carbonyl (C=O) groups is 2. The largest absolute Gasteiger partial charge is 0.494 e. The molecule has 36 heavy (non-hydrogen) atoms. The maximum absolute atomic E-state index is 13.6. The SMILES string of the molecule is C=CCNC(=O)c1ccccc1NC(=O)CN(c1ccc(OCC)cc1)S(=O)(=O)c1ccc(C)cc1. The molecule has 0 saturated heterocycles. The molecule has 0 bridgehead atoms. The fourth-order valence-electron chi connectivity index (χ4n) is 3.40. The summed E-state index contributed by atoms with van der Waals surface area (Å²) in [6.45, 7) is 7.50. The summed E-state index contributed by atoms with van der Waals surface area (Å²) in [6.07, 6.45) is 1.55. The summed E-state index contributed by atoms with van der Waals surface area (Å²) in [5.41, 5.74) is 1.72. The van der Waals surface area contributed by atoms with Crippen LogP contribution in [0.15, 0.2) is 90.3 Å². The van der Waals surface area contributed by atoms with E-state index in [4.69, 9.17) is 4.74 Å². The van der Waals surface area contributed by atoms with Crippen LogP contribution in [0, 0.1) is 6.92 Å². The van der Waals surface area contributed by atoms with Crippen LogP contribution in [0.3, 0.4) is 0 Å². The standard InChI is InChI=1S/C27H29N3O5S/c1-4-18-28-27(32)24-8-6-7-9-25(24)29-26(31)19-30(21-12-14-22(15-13-21)35-5-2)36(33,34)23-16-10-20(3)11-17-23/h4,6-17H,1,5,18-19H2,2-3H3,(H,28,32)(H,29,31). The van der Waals surface area contributed by atoms with Crippen molar-refractivity contribution in [2.45, 2.75) is 18.7 Å². The average molecular weight is 508 g/mol. The summed E-state index contributed by atoms with van der Waals surface area (Å²) in [6, 6.07) is 19.4. The van der Waals surface area contributed by atoms with Gasteiger partial charge < -0.3 is 15.4 Å². The van der Waals surface area contributed by atoms with Crippen LogP contribution in [-0.2, 0) is 14.8 Å². The molecule has 0 radical (unpaired) electrons. The Morgan fingerprint density at radius 2 is 1.67 bits per heavy atom. The van der Waals surface area contributed by atoms with Crippen molar-refractivity contribution in [3.05, 3.63) is 96.6 Å². The molecule has 2 N–H and O–H groups in total. The van der Waals surface area contributed by atoms with E-state index in [-0.39, 0.29) is 28.6 Å². The fourth-order valence-corrected chi connectivity index (χ4v) is 4.82. The third kappa shape index (κ3) is 6.51. The summed E-state index contributed by atoms with van der Waals surface area (Å²) in [4.78, 5) is 25.6. The molecule has 8 nitrogen and oxygen atoms in total. The van der Waals surface area contributed by atoms with Crippen LogP contribution in [0.25, 0.3) is 0 Å². The molecule has 9 heteroatoms. The second-order valence-electron chi connectivity index (χ2n) is 7.84. The second-order valence-corrected chi connectivity index (χ2v) is 9.71. The first kappa shape index (κ1) is 26.5. The molecule has 3 aromatic carbocycles. The number of benzene rings is 3. The first-order chi connectivity index (χ1) is 17.3. The molecule has 0 spiro atoms. The Balaban J connectivity index is 1.92. The number of aryl methyl sites for hydroxylation is 1. The maximum atomic E-state index is 13.6. The second kappa shape index (κ2) is 12.0. The number of hydrogen-bond donors (Lipinski definition) is 2. The number of anilines is 2. The Morgan fingerprint density at radius 3 is 2.31 bits per heavy atom. The zero-order valence-electron chi connectivity index (χ0n) is 20.2. The van der Waals surface area contributed by atoms with E-state index >= 15 is 0 Å². The van der Waals surface area contributed by atoms with Crippen LogP contribution in [0.5, 0.6) is 5.75 Å². The van der Waals surface area contributed by atoms with E-state index in [9.17, 15) is 18.0 Å². The monoisotopic (exact) mass is 507 g/mol. The van der Waals surface area contributed by atoms with Crippen LogP contribution < -0.4 is 19.7 Å². The lowest BCUT2D eigenvalue weighted by atomic mass is 10.1. The zero-order chi connectivity index (χ0) is 26.1. The van der Waals surface area contributed by atoms with Crippen molar-refractivity contribution in [2.75, 3.05) is 29.3 Å². The van der Waals surface area contributed by atoms with Gasteiger partial charge in [0.05, 0.1) is 28.4 Å². The summed E-state index contributed by atoms with van der Waals surface area (Å²) in [5.74, 6) is -0.414. The number of hydrogen-bond acceptors (Lipinski definition) is 5. The van der Waals surface area contributed by atoms with Crippen molar-refractivity contribution in [3.63, 3.8) is 0 Å². The number of nitrogens with one attached hydrogen (secondary N) is 2. The van der Waals surface area contributed by atoms with E-state index in [0.29, 0.717) is 18.0 Å². The van der Waals surface area contributed by atoms with E-state index in [1.165, 1.54) is 12.1 Å². The van der Waals surface area contributed by atoms with Gasteiger partial charge in [-0.1, -0.05) is 35.9 Å². The van der Waals surface area contributed by atoms with Crippen LogP contribution >= 0.6 is 0 Å². The van der Waals surface area contributed by atoms with E-state index in [1.54, 1.807) is 66.7 Å².